The minimum atomic E-state index is 0.214. The van der Waals surface area contributed by atoms with Crippen molar-refractivity contribution >= 4 is 28.2 Å². The highest BCUT2D eigenvalue weighted by molar-refractivity contribution is 6.34. The van der Waals surface area contributed by atoms with Crippen molar-refractivity contribution in [2.45, 2.75) is 38.1 Å². The number of halogens is 1. The molecule has 1 fully saturated rings. The molecule has 0 spiro atoms. The summed E-state index contributed by atoms with van der Waals surface area (Å²) < 4.78 is 0. The number of hydrogen-bond donors (Lipinski definition) is 1. The van der Waals surface area contributed by atoms with E-state index in [1.165, 1.54) is 19.3 Å². The molecular weight excluding hydrogens is 246 g/mol. The van der Waals surface area contributed by atoms with Gasteiger partial charge in [-0.3, -0.25) is 0 Å². The molecule has 1 aromatic carbocycles. The van der Waals surface area contributed by atoms with Gasteiger partial charge in [-0.2, -0.15) is 0 Å². The van der Waals surface area contributed by atoms with Crippen LogP contribution < -0.4 is 5.32 Å². The van der Waals surface area contributed by atoms with Crippen molar-refractivity contribution in [1.29, 1.82) is 0 Å². The van der Waals surface area contributed by atoms with Gasteiger partial charge < -0.3 is 5.32 Å². The highest BCUT2D eigenvalue weighted by atomic mass is 35.5. The van der Waals surface area contributed by atoms with Crippen molar-refractivity contribution in [2.24, 2.45) is 0 Å². The Bertz CT molecular complexity index is 573. The second kappa shape index (κ2) is 4.39. The summed E-state index contributed by atoms with van der Waals surface area (Å²) in [5.74, 6) is 0.858. The Kier molecular flexibility index (Phi) is 2.86. The lowest BCUT2D eigenvalue weighted by Crippen LogP contribution is -2.44. The van der Waals surface area contributed by atoms with E-state index in [1.807, 2.05) is 24.3 Å². The Morgan fingerprint density at radius 2 is 1.94 bits per heavy atom. The number of fused-ring (bicyclic) bond motifs is 1. The molecule has 0 amide bonds. The molecule has 0 atom stereocenters. The number of nitrogens with one attached hydrogen (secondary N) is 1. The lowest BCUT2D eigenvalue weighted by molar-refractivity contribution is 0.269. The summed E-state index contributed by atoms with van der Waals surface area (Å²) in [4.78, 5) is 0. The van der Waals surface area contributed by atoms with Crippen molar-refractivity contribution in [2.75, 3.05) is 5.32 Å². The van der Waals surface area contributed by atoms with Crippen LogP contribution in [0.2, 0.25) is 5.15 Å². The fourth-order valence-corrected chi connectivity index (χ4v) is 2.79. The molecule has 1 N–H and O–H groups in total. The summed E-state index contributed by atoms with van der Waals surface area (Å²) in [6.07, 6.45) is 4.83. The normalized spacial score (nSPS) is 17.4. The number of hydrogen-bond acceptors (Lipinski definition) is 3. The molecule has 0 bridgehead atoms. The van der Waals surface area contributed by atoms with Gasteiger partial charge in [0.25, 0.3) is 0 Å². The van der Waals surface area contributed by atoms with Crippen molar-refractivity contribution in [3.63, 3.8) is 0 Å². The lowest BCUT2D eigenvalue weighted by Gasteiger charge is -2.42. The predicted molar refractivity (Wildman–Crippen MR) is 75.0 cm³/mol. The third-order valence-electron chi connectivity index (χ3n) is 4.01. The lowest BCUT2D eigenvalue weighted by atomic mass is 9.75. The van der Waals surface area contributed by atoms with E-state index in [4.69, 9.17) is 11.6 Å². The molecule has 1 aliphatic rings. The molecule has 4 heteroatoms. The molecule has 0 aliphatic heterocycles. The summed E-state index contributed by atoms with van der Waals surface area (Å²) in [5.41, 5.74) is 0.214. The van der Waals surface area contributed by atoms with Gasteiger partial charge >= 0.3 is 0 Å². The Morgan fingerprint density at radius 3 is 2.56 bits per heavy atom. The maximum Gasteiger partial charge on any atom is 0.159 e. The van der Waals surface area contributed by atoms with Crippen LogP contribution in [-0.4, -0.2) is 15.7 Å². The first-order valence-electron chi connectivity index (χ1n) is 6.43. The molecule has 1 saturated carbocycles. The molecular formula is C14H16ClN3. The summed E-state index contributed by atoms with van der Waals surface area (Å²) in [6.45, 7) is 2.22. The van der Waals surface area contributed by atoms with Crippen LogP contribution in [-0.2, 0) is 0 Å². The van der Waals surface area contributed by atoms with Gasteiger partial charge in [-0.05, 0) is 25.7 Å². The average Bonchev–Trinajstić information content (AvgIpc) is 2.37. The Labute approximate surface area is 112 Å². The van der Waals surface area contributed by atoms with Gasteiger partial charge in [0.2, 0.25) is 0 Å². The number of anilines is 1. The first-order valence-corrected chi connectivity index (χ1v) is 6.81. The molecule has 1 heterocycles. The van der Waals surface area contributed by atoms with Gasteiger partial charge in [0.05, 0.1) is 0 Å². The summed E-state index contributed by atoms with van der Waals surface area (Å²) in [5, 5.41) is 14.3. The SMILES string of the molecule is CCC1(Nc2nnc(Cl)c3ccccc23)CCC1. The zero-order chi connectivity index (χ0) is 12.6. The number of nitrogens with zero attached hydrogens (tertiary/aromatic N) is 2. The van der Waals surface area contributed by atoms with Crippen LogP contribution in [0.4, 0.5) is 5.82 Å². The van der Waals surface area contributed by atoms with Gasteiger partial charge in [0, 0.05) is 16.3 Å². The minimum absolute atomic E-state index is 0.214. The highest BCUT2D eigenvalue weighted by Gasteiger charge is 2.35. The van der Waals surface area contributed by atoms with Gasteiger partial charge in [0.1, 0.15) is 0 Å². The third kappa shape index (κ3) is 1.83. The van der Waals surface area contributed by atoms with E-state index in [9.17, 15) is 0 Å². The predicted octanol–water partition coefficient (Wildman–Crippen LogP) is 4.03. The van der Waals surface area contributed by atoms with Crippen molar-refractivity contribution in [3.05, 3.63) is 29.4 Å². The molecule has 3 rings (SSSR count). The van der Waals surface area contributed by atoms with E-state index in [0.717, 1.165) is 23.0 Å². The van der Waals surface area contributed by atoms with E-state index in [-0.39, 0.29) is 5.54 Å². The van der Waals surface area contributed by atoms with E-state index >= 15 is 0 Å². The first kappa shape index (κ1) is 11.7. The molecule has 1 aliphatic carbocycles. The summed E-state index contributed by atoms with van der Waals surface area (Å²) in [7, 11) is 0. The Morgan fingerprint density at radius 1 is 1.22 bits per heavy atom. The van der Waals surface area contributed by atoms with Crippen molar-refractivity contribution in [3.8, 4) is 0 Å². The van der Waals surface area contributed by atoms with Gasteiger partial charge in [-0.1, -0.05) is 42.8 Å². The number of aromatic nitrogens is 2. The largest absolute Gasteiger partial charge is 0.363 e. The molecule has 0 unspecified atom stereocenters. The smallest absolute Gasteiger partial charge is 0.159 e. The molecule has 94 valence electrons. The summed E-state index contributed by atoms with van der Waals surface area (Å²) >= 11 is 6.08. The van der Waals surface area contributed by atoms with E-state index in [2.05, 4.69) is 22.4 Å². The average molecular weight is 262 g/mol. The molecule has 2 aromatic rings. The quantitative estimate of drug-likeness (QED) is 0.907. The van der Waals surface area contributed by atoms with Crippen molar-refractivity contribution < 1.29 is 0 Å². The Balaban J connectivity index is 2.04. The Hall–Kier alpha value is -1.35. The van der Waals surface area contributed by atoms with Crippen molar-refractivity contribution in [1.82, 2.24) is 10.2 Å². The standard InChI is InChI=1S/C14H16ClN3/c1-2-14(8-5-9-14)16-13-11-7-4-3-6-10(11)12(15)17-18-13/h3-4,6-7H,2,5,8-9H2,1H3,(H,16,18). The van der Waals surface area contributed by atoms with Crippen LogP contribution in [0.5, 0.6) is 0 Å². The summed E-state index contributed by atoms with van der Waals surface area (Å²) in [6, 6.07) is 8.00. The monoisotopic (exact) mass is 261 g/mol. The molecule has 0 saturated heterocycles. The van der Waals surface area contributed by atoms with E-state index in [1.54, 1.807) is 0 Å². The molecule has 0 radical (unpaired) electrons. The van der Waals surface area contributed by atoms with E-state index in [0.29, 0.717) is 5.15 Å². The first-order chi connectivity index (χ1) is 8.74. The zero-order valence-electron chi connectivity index (χ0n) is 10.4. The van der Waals surface area contributed by atoms with E-state index < -0.39 is 0 Å². The number of benzene rings is 1. The van der Waals surface area contributed by atoms with Crippen LogP contribution in [0.15, 0.2) is 24.3 Å². The van der Waals surface area contributed by atoms with Crippen LogP contribution in [0.3, 0.4) is 0 Å². The fraction of sp³-hybridized carbons (Fsp3) is 0.429. The van der Waals surface area contributed by atoms with Crippen LogP contribution in [0, 0.1) is 0 Å². The minimum Gasteiger partial charge on any atom is -0.363 e. The van der Waals surface area contributed by atoms with Gasteiger partial charge in [0.15, 0.2) is 11.0 Å². The topological polar surface area (TPSA) is 37.8 Å². The van der Waals surface area contributed by atoms with Gasteiger partial charge in [-0.25, -0.2) is 0 Å². The van der Waals surface area contributed by atoms with Crippen LogP contribution in [0.1, 0.15) is 32.6 Å². The second-order valence-electron chi connectivity index (χ2n) is 5.00. The molecule has 1 aromatic heterocycles. The van der Waals surface area contributed by atoms with Crippen LogP contribution in [0.25, 0.3) is 10.8 Å². The maximum atomic E-state index is 6.08. The highest BCUT2D eigenvalue weighted by Crippen LogP contribution is 2.39. The number of rotatable bonds is 3. The zero-order valence-corrected chi connectivity index (χ0v) is 11.2. The maximum absolute atomic E-state index is 6.08. The molecule has 3 nitrogen and oxygen atoms in total. The van der Waals surface area contributed by atoms with Gasteiger partial charge in [-0.15, -0.1) is 10.2 Å². The van der Waals surface area contributed by atoms with Crippen LogP contribution >= 0.6 is 11.6 Å². The molecule has 18 heavy (non-hydrogen) atoms. The second-order valence-corrected chi connectivity index (χ2v) is 5.36. The third-order valence-corrected chi connectivity index (χ3v) is 4.29. The fourth-order valence-electron chi connectivity index (χ4n) is 2.59.